The molecule has 6 heteroatoms. The van der Waals surface area contributed by atoms with Crippen molar-refractivity contribution in [3.8, 4) is 0 Å². The smallest absolute Gasteiger partial charge is 0.220 e. The van der Waals surface area contributed by atoms with Crippen molar-refractivity contribution in [3.05, 3.63) is 0 Å². The first-order valence-electron chi connectivity index (χ1n) is 8.46. The number of carbonyl (C=O) groups excluding carboxylic acids is 1. The van der Waals surface area contributed by atoms with Crippen LogP contribution in [0.4, 0.5) is 0 Å². The van der Waals surface area contributed by atoms with Gasteiger partial charge in [0.15, 0.2) is 5.96 Å². The fourth-order valence-electron chi connectivity index (χ4n) is 2.58. The van der Waals surface area contributed by atoms with Gasteiger partial charge in [0.1, 0.15) is 0 Å². The molecule has 1 heterocycles. The Morgan fingerprint density at radius 3 is 2.82 bits per heavy atom. The first-order valence-corrected chi connectivity index (χ1v) is 9.51. The number of hydrogen-bond donors (Lipinski definition) is 2. The van der Waals surface area contributed by atoms with Crippen molar-refractivity contribution in [3.63, 3.8) is 0 Å². The quantitative estimate of drug-likeness (QED) is 0.443. The topological polar surface area (TPSA) is 56.7 Å². The molecule has 1 unspecified atom stereocenters. The molecular weight excluding hydrogens is 296 g/mol. The molecule has 1 amide bonds. The monoisotopic (exact) mass is 326 g/mol. The molecule has 1 saturated heterocycles. The van der Waals surface area contributed by atoms with Crippen LogP contribution in [-0.4, -0.2) is 60.5 Å². The number of hydrogen-bond acceptors (Lipinski definition) is 3. The van der Waals surface area contributed by atoms with E-state index in [1.807, 2.05) is 7.05 Å². The standard InChI is InChI=1S/C16H30N4OS/c1-12(2)14-11-20(9-10-22-14)16(17-3)18-8-4-5-15(21)19-13-6-7-13/h12-14H,4-11H2,1-3H3,(H,17,18)(H,19,21). The minimum atomic E-state index is 0.188. The van der Waals surface area contributed by atoms with E-state index in [1.165, 1.54) is 0 Å². The van der Waals surface area contributed by atoms with E-state index in [9.17, 15) is 4.79 Å². The lowest BCUT2D eigenvalue weighted by molar-refractivity contribution is -0.121. The Kier molecular flexibility index (Phi) is 6.86. The fourth-order valence-corrected chi connectivity index (χ4v) is 3.88. The van der Waals surface area contributed by atoms with Gasteiger partial charge in [0.05, 0.1) is 0 Å². The Morgan fingerprint density at radius 2 is 2.18 bits per heavy atom. The third-order valence-electron chi connectivity index (χ3n) is 4.15. The summed E-state index contributed by atoms with van der Waals surface area (Å²) in [5.41, 5.74) is 0. The maximum atomic E-state index is 11.6. The Balaban J connectivity index is 1.66. The molecule has 0 radical (unpaired) electrons. The maximum Gasteiger partial charge on any atom is 0.220 e. The predicted octanol–water partition coefficient (Wildman–Crippen LogP) is 1.69. The van der Waals surface area contributed by atoms with Gasteiger partial charge in [-0.3, -0.25) is 9.79 Å². The molecule has 1 aliphatic heterocycles. The van der Waals surface area contributed by atoms with E-state index in [2.05, 4.69) is 46.1 Å². The predicted molar refractivity (Wildman–Crippen MR) is 94.4 cm³/mol. The Hall–Kier alpha value is -0.910. The molecule has 2 N–H and O–H groups in total. The number of nitrogens with zero attached hydrogens (tertiary/aromatic N) is 2. The molecule has 1 atom stereocenters. The number of carbonyl (C=O) groups is 1. The van der Waals surface area contributed by atoms with Gasteiger partial charge < -0.3 is 15.5 Å². The molecular formula is C16H30N4OS. The van der Waals surface area contributed by atoms with Crippen LogP contribution < -0.4 is 10.6 Å². The summed E-state index contributed by atoms with van der Waals surface area (Å²) in [6.45, 7) is 7.49. The Morgan fingerprint density at radius 1 is 1.41 bits per heavy atom. The van der Waals surface area contributed by atoms with E-state index < -0.39 is 0 Å². The summed E-state index contributed by atoms with van der Waals surface area (Å²) in [5.74, 6) is 3.02. The molecule has 0 aromatic rings. The molecule has 126 valence electrons. The second kappa shape index (κ2) is 8.65. The zero-order valence-corrected chi connectivity index (χ0v) is 14.9. The third-order valence-corrected chi connectivity index (χ3v) is 5.69. The highest BCUT2D eigenvalue weighted by atomic mass is 32.2. The number of rotatable bonds is 6. The van der Waals surface area contributed by atoms with Crippen molar-refractivity contribution in [2.75, 3.05) is 32.4 Å². The van der Waals surface area contributed by atoms with Crippen molar-refractivity contribution in [2.24, 2.45) is 10.9 Å². The van der Waals surface area contributed by atoms with E-state index in [-0.39, 0.29) is 5.91 Å². The Bertz CT molecular complexity index is 396. The number of thioether (sulfide) groups is 1. The fraction of sp³-hybridized carbons (Fsp3) is 0.875. The zero-order valence-electron chi connectivity index (χ0n) is 14.1. The van der Waals surface area contributed by atoms with Crippen LogP contribution in [0.1, 0.15) is 39.5 Å². The molecule has 0 aromatic heterocycles. The van der Waals surface area contributed by atoms with Crippen molar-refractivity contribution >= 4 is 23.6 Å². The van der Waals surface area contributed by atoms with Crippen molar-refractivity contribution in [1.29, 1.82) is 0 Å². The normalized spacial score (nSPS) is 22.8. The third kappa shape index (κ3) is 5.71. The van der Waals surface area contributed by atoms with Gasteiger partial charge in [0, 0.05) is 50.1 Å². The molecule has 0 aromatic carbocycles. The summed E-state index contributed by atoms with van der Waals surface area (Å²) < 4.78 is 0. The summed E-state index contributed by atoms with van der Waals surface area (Å²) >= 11 is 2.07. The Labute approximate surface area is 138 Å². The van der Waals surface area contributed by atoms with Crippen molar-refractivity contribution < 1.29 is 4.79 Å². The molecule has 1 saturated carbocycles. The zero-order chi connectivity index (χ0) is 15.9. The number of nitrogens with one attached hydrogen (secondary N) is 2. The average molecular weight is 327 g/mol. The first-order chi connectivity index (χ1) is 10.6. The number of aliphatic imine (C=N–C) groups is 1. The van der Waals surface area contributed by atoms with Gasteiger partial charge in [-0.05, 0) is 25.2 Å². The maximum absolute atomic E-state index is 11.6. The highest BCUT2D eigenvalue weighted by molar-refractivity contribution is 8.00. The van der Waals surface area contributed by atoms with Gasteiger partial charge in [0.2, 0.25) is 5.91 Å². The lowest BCUT2D eigenvalue weighted by Gasteiger charge is -2.36. The van der Waals surface area contributed by atoms with Gasteiger partial charge in [-0.15, -0.1) is 0 Å². The second-order valence-electron chi connectivity index (χ2n) is 6.52. The second-order valence-corrected chi connectivity index (χ2v) is 7.87. The minimum Gasteiger partial charge on any atom is -0.356 e. The lowest BCUT2D eigenvalue weighted by Crippen LogP contribution is -2.49. The van der Waals surface area contributed by atoms with Crippen molar-refractivity contribution in [1.82, 2.24) is 15.5 Å². The molecule has 5 nitrogen and oxygen atoms in total. The van der Waals surface area contributed by atoms with E-state index in [0.717, 1.165) is 50.6 Å². The molecule has 0 bridgehead atoms. The molecule has 22 heavy (non-hydrogen) atoms. The molecule has 1 aliphatic carbocycles. The molecule has 2 rings (SSSR count). The lowest BCUT2D eigenvalue weighted by atomic mass is 10.1. The average Bonchev–Trinajstić information content (AvgIpc) is 3.31. The van der Waals surface area contributed by atoms with Crippen LogP contribution in [0.5, 0.6) is 0 Å². The van der Waals surface area contributed by atoms with Crippen LogP contribution in [0.15, 0.2) is 4.99 Å². The first kappa shape index (κ1) is 17.4. The van der Waals surface area contributed by atoms with Crippen LogP contribution in [0.3, 0.4) is 0 Å². The van der Waals surface area contributed by atoms with Gasteiger partial charge in [-0.25, -0.2) is 0 Å². The highest BCUT2D eigenvalue weighted by Crippen LogP contribution is 2.24. The minimum absolute atomic E-state index is 0.188. The van der Waals surface area contributed by atoms with Gasteiger partial charge >= 0.3 is 0 Å². The largest absolute Gasteiger partial charge is 0.356 e. The SMILES string of the molecule is CN=C(NCCCC(=O)NC1CC1)N1CCSC(C(C)C)C1. The molecule has 2 fully saturated rings. The van der Waals surface area contributed by atoms with Crippen LogP contribution in [0, 0.1) is 5.92 Å². The van der Waals surface area contributed by atoms with E-state index in [1.54, 1.807) is 0 Å². The van der Waals surface area contributed by atoms with Gasteiger partial charge in [-0.2, -0.15) is 11.8 Å². The van der Waals surface area contributed by atoms with E-state index in [4.69, 9.17) is 0 Å². The van der Waals surface area contributed by atoms with E-state index >= 15 is 0 Å². The van der Waals surface area contributed by atoms with Crippen molar-refractivity contribution in [2.45, 2.75) is 50.8 Å². The van der Waals surface area contributed by atoms with Gasteiger partial charge in [0.25, 0.3) is 0 Å². The summed E-state index contributed by atoms with van der Waals surface area (Å²) in [7, 11) is 1.84. The molecule has 2 aliphatic rings. The van der Waals surface area contributed by atoms with Crippen LogP contribution >= 0.6 is 11.8 Å². The van der Waals surface area contributed by atoms with Crippen LogP contribution in [-0.2, 0) is 4.79 Å². The van der Waals surface area contributed by atoms with Crippen LogP contribution in [0.2, 0.25) is 0 Å². The number of amides is 1. The van der Waals surface area contributed by atoms with E-state index in [0.29, 0.717) is 23.6 Å². The highest BCUT2D eigenvalue weighted by Gasteiger charge is 2.25. The summed E-state index contributed by atoms with van der Waals surface area (Å²) in [4.78, 5) is 18.4. The van der Waals surface area contributed by atoms with Crippen LogP contribution in [0.25, 0.3) is 0 Å². The number of guanidine groups is 1. The summed E-state index contributed by atoms with van der Waals surface area (Å²) in [6, 6.07) is 0.465. The summed E-state index contributed by atoms with van der Waals surface area (Å²) in [6.07, 6.45) is 3.76. The summed E-state index contributed by atoms with van der Waals surface area (Å²) in [5, 5.41) is 7.11. The van der Waals surface area contributed by atoms with Gasteiger partial charge in [-0.1, -0.05) is 13.8 Å². The molecule has 0 spiro atoms.